The van der Waals surface area contributed by atoms with Crippen molar-refractivity contribution >= 4 is 11.9 Å². The van der Waals surface area contributed by atoms with E-state index in [1.165, 1.54) is 0 Å². The molecular weight excluding hydrogens is 240 g/mol. The number of carbonyl (C=O) groups is 1. The predicted molar refractivity (Wildman–Crippen MR) is 81.4 cm³/mol. The highest BCUT2D eigenvalue weighted by molar-refractivity contribution is 5.81. The molecule has 0 saturated heterocycles. The summed E-state index contributed by atoms with van der Waals surface area (Å²) in [6.07, 6.45) is 2.53. The van der Waals surface area contributed by atoms with E-state index in [2.05, 4.69) is 34.8 Å². The first-order valence-electron chi connectivity index (χ1n) is 7.39. The zero-order valence-electron chi connectivity index (χ0n) is 12.9. The lowest BCUT2D eigenvalue weighted by Gasteiger charge is -2.11. The van der Waals surface area contributed by atoms with Crippen molar-refractivity contribution in [1.29, 1.82) is 0 Å². The monoisotopic (exact) mass is 270 g/mol. The Morgan fingerprint density at radius 3 is 2.42 bits per heavy atom. The minimum atomic E-state index is 0.0902. The lowest BCUT2D eigenvalue weighted by Crippen LogP contribution is -2.39. The molecule has 0 fully saturated rings. The van der Waals surface area contributed by atoms with Crippen molar-refractivity contribution in [2.45, 2.75) is 47.0 Å². The Bertz CT molecular complexity index is 264. The van der Waals surface area contributed by atoms with Crippen LogP contribution < -0.4 is 16.0 Å². The molecule has 0 aliphatic rings. The summed E-state index contributed by atoms with van der Waals surface area (Å²) in [6.45, 7) is 11.5. The second-order valence-electron chi connectivity index (χ2n) is 4.97. The smallest absolute Gasteiger partial charge is 0.221 e. The molecule has 0 aliphatic heterocycles. The van der Waals surface area contributed by atoms with Gasteiger partial charge in [0.05, 0.1) is 0 Å². The van der Waals surface area contributed by atoms with Crippen LogP contribution in [0.15, 0.2) is 4.99 Å². The summed E-state index contributed by atoms with van der Waals surface area (Å²) in [5.41, 5.74) is 0. The molecule has 0 bridgehead atoms. The van der Waals surface area contributed by atoms with Gasteiger partial charge < -0.3 is 16.0 Å². The van der Waals surface area contributed by atoms with Crippen LogP contribution in [0, 0.1) is 5.92 Å². The van der Waals surface area contributed by atoms with E-state index < -0.39 is 0 Å². The second-order valence-corrected chi connectivity index (χ2v) is 4.97. The van der Waals surface area contributed by atoms with E-state index in [0.717, 1.165) is 38.4 Å². The minimum absolute atomic E-state index is 0.0902. The molecule has 0 saturated carbocycles. The Hall–Kier alpha value is -1.26. The third-order valence-electron chi connectivity index (χ3n) is 2.54. The van der Waals surface area contributed by atoms with Gasteiger partial charge in [-0.05, 0) is 25.7 Å². The summed E-state index contributed by atoms with van der Waals surface area (Å²) in [5.74, 6) is 1.55. The molecule has 0 aromatic rings. The van der Waals surface area contributed by atoms with Gasteiger partial charge in [0.2, 0.25) is 5.91 Å². The quantitative estimate of drug-likeness (QED) is 0.439. The number of carbonyl (C=O) groups excluding carboxylic acids is 1. The fraction of sp³-hybridized carbons (Fsp3) is 0.857. The molecule has 3 N–H and O–H groups in total. The molecule has 0 heterocycles. The molecule has 19 heavy (non-hydrogen) atoms. The van der Waals surface area contributed by atoms with Gasteiger partial charge in [0, 0.05) is 32.6 Å². The van der Waals surface area contributed by atoms with Crippen molar-refractivity contribution in [3.05, 3.63) is 0 Å². The molecule has 5 nitrogen and oxygen atoms in total. The molecule has 0 spiro atoms. The Labute approximate surface area is 117 Å². The summed E-state index contributed by atoms with van der Waals surface area (Å²) >= 11 is 0. The number of rotatable bonds is 9. The van der Waals surface area contributed by atoms with Gasteiger partial charge in [-0.1, -0.05) is 20.8 Å². The van der Waals surface area contributed by atoms with Gasteiger partial charge in [-0.15, -0.1) is 0 Å². The van der Waals surface area contributed by atoms with Gasteiger partial charge in [-0.25, -0.2) is 0 Å². The molecule has 0 aromatic heterocycles. The van der Waals surface area contributed by atoms with E-state index in [4.69, 9.17) is 0 Å². The Morgan fingerprint density at radius 1 is 1.11 bits per heavy atom. The van der Waals surface area contributed by atoms with Crippen molar-refractivity contribution in [3.8, 4) is 0 Å². The number of nitrogens with zero attached hydrogens (tertiary/aromatic N) is 1. The van der Waals surface area contributed by atoms with Crippen LogP contribution in [0.2, 0.25) is 0 Å². The molecule has 0 aliphatic carbocycles. The van der Waals surface area contributed by atoms with Crippen LogP contribution in [-0.4, -0.2) is 38.0 Å². The normalized spacial score (nSPS) is 11.5. The maximum atomic E-state index is 11.4. The zero-order chi connectivity index (χ0) is 14.5. The van der Waals surface area contributed by atoms with Crippen LogP contribution >= 0.6 is 0 Å². The van der Waals surface area contributed by atoms with Crippen LogP contribution in [-0.2, 0) is 4.79 Å². The van der Waals surface area contributed by atoms with Crippen LogP contribution in [0.25, 0.3) is 0 Å². The maximum absolute atomic E-state index is 11.4. The first-order chi connectivity index (χ1) is 9.10. The summed E-state index contributed by atoms with van der Waals surface area (Å²) in [7, 11) is 0. The second kappa shape index (κ2) is 11.8. The van der Waals surface area contributed by atoms with Crippen LogP contribution in [0.4, 0.5) is 0 Å². The number of aliphatic imine (C=N–C) groups is 1. The standard InChI is InChI=1S/C14H30N4O/c1-5-9-16-13(19)8-11-18-14(15-6-2)17-10-7-12(3)4/h12H,5-11H2,1-4H3,(H,16,19)(H2,15,17,18). The molecule has 0 unspecified atom stereocenters. The van der Waals surface area contributed by atoms with E-state index in [1.54, 1.807) is 0 Å². The Kier molecular flexibility index (Phi) is 11.0. The summed E-state index contributed by atoms with van der Waals surface area (Å²) < 4.78 is 0. The van der Waals surface area contributed by atoms with Gasteiger partial charge in [-0.3, -0.25) is 9.79 Å². The van der Waals surface area contributed by atoms with Crippen LogP contribution in [0.1, 0.15) is 47.0 Å². The van der Waals surface area contributed by atoms with Gasteiger partial charge in [-0.2, -0.15) is 0 Å². The van der Waals surface area contributed by atoms with E-state index >= 15 is 0 Å². The number of nitrogens with one attached hydrogen (secondary N) is 3. The molecule has 112 valence electrons. The molecule has 0 atom stereocenters. The molecule has 5 heteroatoms. The topological polar surface area (TPSA) is 65.5 Å². The average molecular weight is 270 g/mol. The largest absolute Gasteiger partial charge is 0.357 e. The molecule has 0 radical (unpaired) electrons. The third-order valence-corrected chi connectivity index (χ3v) is 2.54. The number of hydrogen-bond donors (Lipinski definition) is 3. The van der Waals surface area contributed by atoms with Gasteiger partial charge >= 0.3 is 0 Å². The highest BCUT2D eigenvalue weighted by atomic mass is 16.1. The lowest BCUT2D eigenvalue weighted by molar-refractivity contribution is -0.120. The first-order valence-corrected chi connectivity index (χ1v) is 7.39. The molecule has 0 aromatic carbocycles. The number of hydrogen-bond acceptors (Lipinski definition) is 2. The van der Waals surface area contributed by atoms with Crippen LogP contribution in [0.5, 0.6) is 0 Å². The molecule has 0 rings (SSSR count). The first kappa shape index (κ1) is 17.7. The van der Waals surface area contributed by atoms with Crippen molar-refractivity contribution in [2.75, 3.05) is 26.2 Å². The van der Waals surface area contributed by atoms with E-state index in [1.807, 2.05) is 13.8 Å². The Balaban J connectivity index is 3.90. The number of guanidine groups is 1. The Morgan fingerprint density at radius 2 is 1.84 bits per heavy atom. The fourth-order valence-electron chi connectivity index (χ4n) is 1.42. The van der Waals surface area contributed by atoms with Crippen molar-refractivity contribution < 1.29 is 4.79 Å². The molecular formula is C14H30N4O. The van der Waals surface area contributed by atoms with E-state index in [9.17, 15) is 4.79 Å². The third kappa shape index (κ3) is 11.6. The molecule has 1 amide bonds. The van der Waals surface area contributed by atoms with Crippen molar-refractivity contribution in [3.63, 3.8) is 0 Å². The number of amides is 1. The summed E-state index contributed by atoms with van der Waals surface area (Å²) in [6, 6.07) is 0. The minimum Gasteiger partial charge on any atom is -0.357 e. The highest BCUT2D eigenvalue weighted by Gasteiger charge is 2.01. The van der Waals surface area contributed by atoms with Crippen LogP contribution in [0.3, 0.4) is 0 Å². The fourth-order valence-corrected chi connectivity index (χ4v) is 1.42. The van der Waals surface area contributed by atoms with E-state index in [-0.39, 0.29) is 5.91 Å². The highest BCUT2D eigenvalue weighted by Crippen LogP contribution is 1.98. The zero-order valence-corrected chi connectivity index (χ0v) is 12.9. The lowest BCUT2D eigenvalue weighted by atomic mass is 10.1. The SMILES string of the molecule is CCCNC(=O)CCNC(=NCCC(C)C)NCC. The van der Waals surface area contributed by atoms with Gasteiger partial charge in [0.15, 0.2) is 5.96 Å². The maximum Gasteiger partial charge on any atom is 0.221 e. The summed E-state index contributed by atoms with van der Waals surface area (Å²) in [4.78, 5) is 15.9. The predicted octanol–water partition coefficient (Wildman–Crippen LogP) is 1.50. The van der Waals surface area contributed by atoms with Gasteiger partial charge in [0.1, 0.15) is 0 Å². The van der Waals surface area contributed by atoms with Gasteiger partial charge in [0.25, 0.3) is 0 Å². The van der Waals surface area contributed by atoms with E-state index in [0.29, 0.717) is 18.9 Å². The van der Waals surface area contributed by atoms with Crippen molar-refractivity contribution in [1.82, 2.24) is 16.0 Å². The summed E-state index contributed by atoms with van der Waals surface area (Å²) in [5, 5.41) is 9.22. The average Bonchev–Trinajstić information content (AvgIpc) is 2.36. The van der Waals surface area contributed by atoms with Crippen molar-refractivity contribution in [2.24, 2.45) is 10.9 Å².